The summed E-state index contributed by atoms with van der Waals surface area (Å²) in [5, 5.41) is 2.40. The largest absolute Gasteiger partial charge is 0.497 e. The first-order valence-electron chi connectivity index (χ1n) is 6.83. The maximum Gasteiger partial charge on any atom is 0.259 e. The Kier molecular flexibility index (Phi) is 3.58. The lowest BCUT2D eigenvalue weighted by Crippen LogP contribution is -2.35. The van der Waals surface area contributed by atoms with E-state index in [2.05, 4.69) is 5.32 Å². The number of hydrogen-bond acceptors (Lipinski definition) is 4. The Balaban J connectivity index is 2.17. The van der Waals surface area contributed by atoms with Gasteiger partial charge in [-0.2, -0.15) is 0 Å². The van der Waals surface area contributed by atoms with Crippen molar-refractivity contribution in [2.45, 2.75) is 13.8 Å². The van der Waals surface area contributed by atoms with E-state index in [1.807, 2.05) is 44.2 Å². The number of amides is 2. The topological polar surface area (TPSA) is 55.4 Å². The van der Waals surface area contributed by atoms with Gasteiger partial charge in [0.1, 0.15) is 5.75 Å². The minimum atomic E-state index is -0.338. The molecule has 1 aromatic heterocycles. The first-order valence-corrected chi connectivity index (χ1v) is 7.64. The molecule has 22 heavy (non-hydrogen) atoms. The van der Waals surface area contributed by atoms with Gasteiger partial charge in [-0.05, 0) is 37.6 Å². The van der Waals surface area contributed by atoms with Crippen LogP contribution in [0, 0.1) is 0 Å². The molecule has 0 saturated heterocycles. The quantitative estimate of drug-likeness (QED) is 0.682. The molecule has 2 aromatic rings. The van der Waals surface area contributed by atoms with E-state index in [1.54, 1.807) is 7.11 Å². The highest BCUT2D eigenvalue weighted by Crippen LogP contribution is 2.39. The van der Waals surface area contributed by atoms with E-state index < -0.39 is 0 Å². The van der Waals surface area contributed by atoms with Crippen LogP contribution in [-0.2, 0) is 4.79 Å². The smallest absolute Gasteiger partial charge is 0.259 e. The number of methoxy groups -OCH3 is 1. The molecule has 0 aliphatic carbocycles. The zero-order valence-electron chi connectivity index (χ0n) is 12.5. The summed E-state index contributed by atoms with van der Waals surface area (Å²) in [4.78, 5) is 25.8. The number of fused-ring (bicyclic) bond motifs is 1. The minimum Gasteiger partial charge on any atom is -0.497 e. The molecule has 0 spiro atoms. The van der Waals surface area contributed by atoms with Crippen LogP contribution < -0.4 is 10.1 Å². The van der Waals surface area contributed by atoms with Crippen LogP contribution in [0.3, 0.4) is 0 Å². The molecular weight excluding hydrogens is 298 g/mol. The second-order valence-electron chi connectivity index (χ2n) is 5.24. The molecule has 0 atom stereocenters. The number of imide groups is 1. The van der Waals surface area contributed by atoms with Crippen molar-refractivity contribution in [2.24, 2.45) is 0 Å². The molecule has 0 saturated carbocycles. The summed E-state index contributed by atoms with van der Waals surface area (Å²) < 4.78 is 5.24. The molecule has 1 aromatic carbocycles. The third-order valence-electron chi connectivity index (χ3n) is 3.51. The highest BCUT2D eigenvalue weighted by molar-refractivity contribution is 7.17. The minimum absolute atomic E-state index is 0.323. The Morgan fingerprint density at radius 3 is 2.59 bits per heavy atom. The van der Waals surface area contributed by atoms with Crippen LogP contribution in [0.15, 0.2) is 35.9 Å². The molecule has 2 heterocycles. The van der Waals surface area contributed by atoms with Crippen LogP contribution in [0.1, 0.15) is 29.1 Å². The average molecular weight is 313 g/mol. The number of hydrogen-bond donors (Lipinski definition) is 1. The van der Waals surface area contributed by atoms with Gasteiger partial charge in [0.05, 0.1) is 23.1 Å². The van der Waals surface area contributed by atoms with Gasteiger partial charge < -0.3 is 4.74 Å². The van der Waals surface area contributed by atoms with Crippen LogP contribution in [-0.4, -0.2) is 18.9 Å². The molecule has 0 radical (unpaired) electrons. The Morgan fingerprint density at radius 2 is 1.91 bits per heavy atom. The number of benzene rings is 1. The van der Waals surface area contributed by atoms with Crippen molar-refractivity contribution in [1.82, 2.24) is 5.32 Å². The number of allylic oxidation sites excluding steroid dienone is 1. The molecule has 0 fully saturated rings. The van der Waals surface area contributed by atoms with E-state index in [0.717, 1.165) is 26.6 Å². The third-order valence-corrected chi connectivity index (χ3v) is 4.71. The molecule has 1 N–H and O–H groups in total. The first-order chi connectivity index (χ1) is 10.5. The Bertz CT molecular complexity index is 813. The second-order valence-corrected chi connectivity index (χ2v) is 6.30. The molecule has 5 heteroatoms. The van der Waals surface area contributed by atoms with E-state index in [9.17, 15) is 9.59 Å². The zero-order chi connectivity index (χ0) is 15.9. The fourth-order valence-electron chi connectivity index (χ4n) is 2.45. The maximum atomic E-state index is 12.1. The number of thiophene rings is 1. The summed E-state index contributed by atoms with van der Waals surface area (Å²) in [5.41, 5.74) is 3.00. The van der Waals surface area contributed by atoms with E-state index in [-0.39, 0.29) is 11.8 Å². The third kappa shape index (κ3) is 2.33. The number of carbonyl (C=O) groups excluding carboxylic acids is 2. The molecule has 1 aliphatic heterocycles. The monoisotopic (exact) mass is 313 g/mol. The molecule has 0 bridgehead atoms. The average Bonchev–Trinajstić information content (AvgIpc) is 2.92. The molecule has 2 amide bonds. The van der Waals surface area contributed by atoms with Gasteiger partial charge in [-0.1, -0.05) is 17.7 Å². The van der Waals surface area contributed by atoms with Crippen LogP contribution in [0.25, 0.3) is 16.0 Å². The highest BCUT2D eigenvalue weighted by Gasteiger charge is 2.30. The van der Waals surface area contributed by atoms with E-state index in [1.165, 1.54) is 11.3 Å². The van der Waals surface area contributed by atoms with Gasteiger partial charge >= 0.3 is 0 Å². The molecule has 1 aliphatic rings. The van der Waals surface area contributed by atoms with E-state index >= 15 is 0 Å². The van der Waals surface area contributed by atoms with Gasteiger partial charge in [0.2, 0.25) is 0 Å². The molecule has 3 rings (SSSR count). The fraction of sp³-hybridized carbons (Fsp3) is 0.176. The lowest BCUT2D eigenvalue weighted by atomic mass is 10.00. The van der Waals surface area contributed by atoms with Crippen LogP contribution in [0.5, 0.6) is 5.75 Å². The van der Waals surface area contributed by atoms with E-state index in [4.69, 9.17) is 4.74 Å². The summed E-state index contributed by atoms with van der Waals surface area (Å²) in [6.45, 7) is 3.75. The van der Waals surface area contributed by atoms with E-state index in [0.29, 0.717) is 11.1 Å². The van der Waals surface area contributed by atoms with Gasteiger partial charge in [-0.15, -0.1) is 11.3 Å². The highest BCUT2D eigenvalue weighted by atomic mass is 32.1. The van der Waals surface area contributed by atoms with Crippen LogP contribution in [0.2, 0.25) is 0 Å². The van der Waals surface area contributed by atoms with Crippen molar-refractivity contribution < 1.29 is 14.3 Å². The van der Waals surface area contributed by atoms with Crippen molar-refractivity contribution in [1.29, 1.82) is 0 Å². The summed E-state index contributed by atoms with van der Waals surface area (Å²) in [5.74, 6) is 0.0961. The summed E-state index contributed by atoms with van der Waals surface area (Å²) in [7, 11) is 1.62. The van der Waals surface area contributed by atoms with Gasteiger partial charge in [0.25, 0.3) is 11.8 Å². The van der Waals surface area contributed by atoms with Crippen molar-refractivity contribution in [3.05, 3.63) is 46.3 Å². The SMILES string of the molecule is COc1cccc(-c2cc3c(s2)C(=C(C)C)C(=O)NC3=O)c1. The Morgan fingerprint density at radius 1 is 1.14 bits per heavy atom. The maximum absolute atomic E-state index is 12.1. The Labute approximate surface area is 132 Å². The van der Waals surface area contributed by atoms with Crippen molar-refractivity contribution in [2.75, 3.05) is 7.11 Å². The van der Waals surface area contributed by atoms with Gasteiger partial charge in [-0.25, -0.2) is 0 Å². The predicted molar refractivity (Wildman–Crippen MR) is 87.0 cm³/mol. The summed E-state index contributed by atoms with van der Waals surface area (Å²) in [6, 6.07) is 9.48. The van der Waals surface area contributed by atoms with Crippen molar-refractivity contribution in [3.63, 3.8) is 0 Å². The lowest BCUT2D eigenvalue weighted by Gasteiger charge is -2.15. The summed E-state index contributed by atoms with van der Waals surface area (Å²) >= 11 is 1.46. The van der Waals surface area contributed by atoms with Gasteiger partial charge in [-0.3, -0.25) is 14.9 Å². The van der Waals surface area contributed by atoms with Crippen LogP contribution >= 0.6 is 11.3 Å². The standard InChI is InChI=1S/C17H15NO3S/c1-9(2)14-15-12(16(19)18-17(14)20)8-13(22-15)10-5-4-6-11(7-10)21-3/h4-8H,1-3H3,(H,18,19,20). The van der Waals surface area contributed by atoms with Crippen LogP contribution in [0.4, 0.5) is 0 Å². The summed E-state index contributed by atoms with van der Waals surface area (Å²) in [6.07, 6.45) is 0. The molecule has 4 nitrogen and oxygen atoms in total. The molecule has 0 unspecified atom stereocenters. The van der Waals surface area contributed by atoms with Gasteiger partial charge in [0, 0.05) is 4.88 Å². The Hall–Kier alpha value is -2.40. The first kappa shape index (κ1) is 14.5. The van der Waals surface area contributed by atoms with Crippen molar-refractivity contribution >= 4 is 28.7 Å². The molecular formula is C17H15NO3S. The lowest BCUT2D eigenvalue weighted by molar-refractivity contribution is -0.114. The second kappa shape index (κ2) is 5.42. The number of rotatable bonds is 2. The fourth-order valence-corrected chi connectivity index (χ4v) is 3.76. The molecule has 112 valence electrons. The number of nitrogens with one attached hydrogen (secondary N) is 1. The normalized spacial score (nSPS) is 13.7. The zero-order valence-corrected chi connectivity index (χ0v) is 13.3. The van der Waals surface area contributed by atoms with Gasteiger partial charge in [0.15, 0.2) is 0 Å². The predicted octanol–water partition coefficient (Wildman–Crippen LogP) is 3.49. The number of ether oxygens (including phenoxy) is 1. The van der Waals surface area contributed by atoms with Crippen molar-refractivity contribution in [3.8, 4) is 16.2 Å². The number of carbonyl (C=O) groups is 2.